The van der Waals surface area contributed by atoms with E-state index in [2.05, 4.69) is 0 Å². The van der Waals surface area contributed by atoms with E-state index in [0.29, 0.717) is 26.1 Å². The van der Waals surface area contributed by atoms with E-state index in [1.807, 2.05) is 37.3 Å². The van der Waals surface area contributed by atoms with Crippen molar-refractivity contribution < 1.29 is 33.6 Å². The fraction of sp³-hybridized carbons (Fsp3) is 0.667. The van der Waals surface area contributed by atoms with E-state index in [4.69, 9.17) is 23.7 Å². The maximum absolute atomic E-state index is 11.8. The van der Waals surface area contributed by atoms with Crippen LogP contribution in [0.3, 0.4) is 0 Å². The molecule has 0 aliphatic carbocycles. The van der Waals surface area contributed by atoms with Gasteiger partial charge in [0.2, 0.25) is 0 Å². The van der Waals surface area contributed by atoms with E-state index >= 15 is 0 Å². The van der Waals surface area contributed by atoms with Gasteiger partial charge in [-0.25, -0.2) is 0 Å². The zero-order valence-corrected chi connectivity index (χ0v) is 16.3. The highest BCUT2D eigenvalue weighted by Gasteiger charge is 2.54. The number of ether oxygens (including phenoxy) is 5. The molecule has 4 rings (SSSR count). The minimum atomic E-state index is -0.787. The molecular formula is C21H28O7. The number of fused-ring (bicyclic) bond motifs is 2. The van der Waals surface area contributed by atoms with E-state index < -0.39 is 24.1 Å². The van der Waals surface area contributed by atoms with Crippen molar-refractivity contribution in [1.82, 2.24) is 0 Å². The van der Waals surface area contributed by atoms with Crippen molar-refractivity contribution >= 4 is 5.97 Å². The monoisotopic (exact) mass is 392 g/mol. The molecular weight excluding hydrogens is 364 g/mol. The van der Waals surface area contributed by atoms with Crippen LogP contribution < -0.4 is 0 Å². The third-order valence-electron chi connectivity index (χ3n) is 5.80. The average molecular weight is 392 g/mol. The lowest BCUT2D eigenvalue weighted by Crippen LogP contribution is -2.64. The van der Waals surface area contributed by atoms with Gasteiger partial charge >= 0.3 is 5.97 Å². The minimum Gasteiger partial charge on any atom is -0.466 e. The van der Waals surface area contributed by atoms with Crippen molar-refractivity contribution in [3.63, 3.8) is 0 Å². The Labute approximate surface area is 164 Å². The predicted molar refractivity (Wildman–Crippen MR) is 98.4 cm³/mol. The highest BCUT2D eigenvalue weighted by atomic mass is 16.7. The van der Waals surface area contributed by atoms with Gasteiger partial charge in [-0.2, -0.15) is 0 Å². The molecule has 3 saturated heterocycles. The van der Waals surface area contributed by atoms with Gasteiger partial charge < -0.3 is 28.8 Å². The third-order valence-corrected chi connectivity index (χ3v) is 5.80. The molecule has 3 fully saturated rings. The van der Waals surface area contributed by atoms with Crippen LogP contribution in [0.1, 0.15) is 45.0 Å². The summed E-state index contributed by atoms with van der Waals surface area (Å²) in [6, 6.07) is 9.81. The Kier molecular flexibility index (Phi) is 5.71. The van der Waals surface area contributed by atoms with Gasteiger partial charge in [-0.15, -0.1) is 0 Å². The molecule has 0 saturated carbocycles. The first kappa shape index (κ1) is 19.8. The molecule has 1 aromatic rings. The van der Waals surface area contributed by atoms with Crippen molar-refractivity contribution in [3.8, 4) is 0 Å². The number of benzene rings is 1. The molecule has 28 heavy (non-hydrogen) atoms. The van der Waals surface area contributed by atoms with Crippen LogP contribution in [-0.2, 0) is 28.5 Å². The van der Waals surface area contributed by atoms with E-state index in [9.17, 15) is 9.90 Å². The van der Waals surface area contributed by atoms with Crippen LogP contribution in [0.4, 0.5) is 0 Å². The van der Waals surface area contributed by atoms with Gasteiger partial charge in [0.25, 0.3) is 0 Å². The molecule has 7 atom stereocenters. The SMILES string of the molecule is CCOC(=O)C[C@@H]1O[C@@H]2C[C@@H]3O[C@H](c4ccccc4)OC[C@H]3O[C@@]2(C)C[C@H]1O. The van der Waals surface area contributed by atoms with Gasteiger partial charge in [-0.05, 0) is 13.8 Å². The summed E-state index contributed by atoms with van der Waals surface area (Å²) in [4.78, 5) is 11.8. The van der Waals surface area contributed by atoms with Crippen LogP contribution in [0.25, 0.3) is 0 Å². The van der Waals surface area contributed by atoms with Crippen molar-refractivity contribution in [2.24, 2.45) is 0 Å². The summed E-state index contributed by atoms with van der Waals surface area (Å²) >= 11 is 0. The van der Waals surface area contributed by atoms with Crippen molar-refractivity contribution in [1.29, 1.82) is 0 Å². The van der Waals surface area contributed by atoms with E-state index in [1.54, 1.807) is 6.92 Å². The summed E-state index contributed by atoms with van der Waals surface area (Å²) in [6.45, 7) is 4.44. The Balaban J connectivity index is 1.44. The number of hydrogen-bond donors (Lipinski definition) is 1. The summed E-state index contributed by atoms with van der Waals surface area (Å²) in [7, 11) is 0. The van der Waals surface area contributed by atoms with Crippen molar-refractivity contribution in [2.75, 3.05) is 13.2 Å². The summed E-state index contributed by atoms with van der Waals surface area (Å²) in [5.74, 6) is -0.365. The second-order valence-corrected chi connectivity index (χ2v) is 7.90. The van der Waals surface area contributed by atoms with Crippen LogP contribution in [0.15, 0.2) is 30.3 Å². The lowest BCUT2D eigenvalue weighted by molar-refractivity contribution is -0.345. The van der Waals surface area contributed by atoms with Crippen LogP contribution in [0, 0.1) is 0 Å². The highest BCUT2D eigenvalue weighted by molar-refractivity contribution is 5.70. The summed E-state index contributed by atoms with van der Waals surface area (Å²) in [5, 5.41) is 10.5. The highest BCUT2D eigenvalue weighted by Crippen LogP contribution is 2.44. The minimum absolute atomic E-state index is 0.0340. The summed E-state index contributed by atoms with van der Waals surface area (Å²) < 4.78 is 29.4. The molecule has 0 unspecified atom stereocenters. The molecule has 7 nitrogen and oxygen atoms in total. The smallest absolute Gasteiger partial charge is 0.308 e. The first-order chi connectivity index (χ1) is 13.5. The van der Waals surface area contributed by atoms with E-state index in [-0.39, 0.29) is 30.7 Å². The molecule has 1 N–H and O–H groups in total. The number of rotatable bonds is 4. The first-order valence-corrected chi connectivity index (χ1v) is 9.97. The lowest BCUT2D eigenvalue weighted by atomic mass is 9.80. The number of aliphatic hydroxyl groups excluding tert-OH is 1. The van der Waals surface area contributed by atoms with Crippen LogP contribution in [0.2, 0.25) is 0 Å². The molecule has 3 aliphatic heterocycles. The number of hydrogen-bond acceptors (Lipinski definition) is 7. The third kappa shape index (κ3) is 3.95. The van der Waals surface area contributed by atoms with Crippen LogP contribution >= 0.6 is 0 Å². The Hall–Kier alpha value is -1.51. The zero-order valence-electron chi connectivity index (χ0n) is 16.3. The Morgan fingerprint density at radius 1 is 1.25 bits per heavy atom. The molecule has 0 radical (unpaired) electrons. The molecule has 7 heteroatoms. The molecule has 0 bridgehead atoms. The summed E-state index contributed by atoms with van der Waals surface area (Å²) in [5.41, 5.74) is 0.326. The Bertz CT molecular complexity index is 681. The number of carbonyl (C=O) groups is 1. The van der Waals surface area contributed by atoms with Crippen molar-refractivity contribution in [3.05, 3.63) is 35.9 Å². The standard InChI is InChI=1S/C21H28O7/c1-3-24-19(23)10-15-14(22)11-21(2)18(26-15)9-16-17(28-21)12-25-20(27-16)13-7-5-4-6-8-13/h4-8,14-18,20,22H,3,9-12H2,1-2H3/t14-,15+,16+,17-,18-,20-,21+/m1/s1. The second-order valence-electron chi connectivity index (χ2n) is 7.90. The fourth-order valence-electron chi connectivity index (χ4n) is 4.36. The fourth-order valence-corrected chi connectivity index (χ4v) is 4.36. The molecule has 0 aromatic heterocycles. The van der Waals surface area contributed by atoms with Gasteiger partial charge in [0.15, 0.2) is 6.29 Å². The number of esters is 1. The maximum atomic E-state index is 11.8. The van der Waals surface area contributed by atoms with Crippen molar-refractivity contribution in [2.45, 2.75) is 75.5 Å². The zero-order chi connectivity index (χ0) is 19.7. The van der Waals surface area contributed by atoms with Crippen LogP contribution in [-0.4, -0.2) is 60.4 Å². The maximum Gasteiger partial charge on any atom is 0.308 e. The van der Waals surface area contributed by atoms with Gasteiger partial charge in [0.05, 0.1) is 49.7 Å². The largest absolute Gasteiger partial charge is 0.466 e. The molecule has 0 amide bonds. The predicted octanol–water partition coefficient (Wildman–Crippen LogP) is 2.12. The second kappa shape index (κ2) is 8.08. The molecule has 3 aliphatic rings. The Morgan fingerprint density at radius 2 is 2.04 bits per heavy atom. The normalized spacial score (nSPS) is 40.2. The number of carbonyl (C=O) groups excluding carboxylic acids is 1. The van der Waals surface area contributed by atoms with Gasteiger partial charge in [-0.1, -0.05) is 30.3 Å². The molecule has 3 heterocycles. The Morgan fingerprint density at radius 3 is 2.79 bits per heavy atom. The lowest BCUT2D eigenvalue weighted by Gasteiger charge is -2.54. The quantitative estimate of drug-likeness (QED) is 0.786. The molecule has 1 aromatic carbocycles. The number of aliphatic hydroxyl groups is 1. The average Bonchev–Trinajstić information content (AvgIpc) is 2.67. The first-order valence-electron chi connectivity index (χ1n) is 9.97. The topological polar surface area (TPSA) is 83.5 Å². The van der Waals surface area contributed by atoms with Crippen LogP contribution in [0.5, 0.6) is 0 Å². The van der Waals surface area contributed by atoms with Gasteiger partial charge in [0.1, 0.15) is 6.10 Å². The van der Waals surface area contributed by atoms with E-state index in [1.165, 1.54) is 0 Å². The molecule has 0 spiro atoms. The van der Waals surface area contributed by atoms with Gasteiger partial charge in [-0.3, -0.25) is 4.79 Å². The van der Waals surface area contributed by atoms with E-state index in [0.717, 1.165) is 5.56 Å². The molecule has 154 valence electrons. The summed E-state index contributed by atoms with van der Waals surface area (Å²) in [6.07, 6.45) is -1.41. The van der Waals surface area contributed by atoms with Gasteiger partial charge in [0, 0.05) is 18.4 Å².